The second-order valence-corrected chi connectivity index (χ2v) is 8.28. The minimum absolute atomic E-state index is 0.0310. The van der Waals surface area contributed by atoms with Crippen LogP contribution in [0.4, 0.5) is 0 Å². The standard InChI is InChI=1S/C18H29N3O3/c1-12-15(13(2)24-20-12)16(22)21-8-6-18(7-9-21)10-14(11-23-18)19-17(3,4)5/h14,19H,6-11H2,1-5H3. The van der Waals surface area contributed by atoms with Gasteiger partial charge in [0, 0.05) is 24.7 Å². The van der Waals surface area contributed by atoms with Crippen LogP contribution in [0.15, 0.2) is 4.52 Å². The van der Waals surface area contributed by atoms with Gasteiger partial charge in [-0.2, -0.15) is 0 Å². The third-order valence-electron chi connectivity index (χ3n) is 5.06. The van der Waals surface area contributed by atoms with Gasteiger partial charge in [0.05, 0.1) is 17.9 Å². The predicted molar refractivity (Wildman–Crippen MR) is 91.1 cm³/mol. The van der Waals surface area contributed by atoms with E-state index < -0.39 is 0 Å². The molecule has 6 heteroatoms. The molecule has 2 aliphatic heterocycles. The first-order valence-electron chi connectivity index (χ1n) is 8.83. The maximum atomic E-state index is 12.7. The molecule has 1 N–H and O–H groups in total. The van der Waals surface area contributed by atoms with Crippen LogP contribution >= 0.6 is 0 Å². The number of ether oxygens (including phenoxy) is 1. The number of piperidine rings is 1. The summed E-state index contributed by atoms with van der Waals surface area (Å²) in [5, 5.41) is 7.53. The molecule has 1 spiro atoms. The van der Waals surface area contributed by atoms with E-state index in [0.717, 1.165) is 39.0 Å². The number of carbonyl (C=O) groups is 1. The first-order chi connectivity index (χ1) is 11.2. The van der Waals surface area contributed by atoms with Crippen molar-refractivity contribution in [2.24, 2.45) is 0 Å². The van der Waals surface area contributed by atoms with Crippen LogP contribution in [0.25, 0.3) is 0 Å². The lowest BCUT2D eigenvalue weighted by Crippen LogP contribution is -2.48. The van der Waals surface area contributed by atoms with Crippen LogP contribution in [0.2, 0.25) is 0 Å². The predicted octanol–water partition coefficient (Wildman–Crippen LogP) is 2.44. The molecule has 24 heavy (non-hydrogen) atoms. The molecule has 0 bridgehead atoms. The van der Waals surface area contributed by atoms with Gasteiger partial charge < -0.3 is 19.5 Å². The summed E-state index contributed by atoms with van der Waals surface area (Å²) in [6, 6.07) is 0.398. The molecule has 2 fully saturated rings. The van der Waals surface area contributed by atoms with E-state index in [0.29, 0.717) is 23.1 Å². The highest BCUT2D eigenvalue weighted by Crippen LogP contribution is 2.37. The number of carbonyl (C=O) groups excluding carboxylic acids is 1. The van der Waals surface area contributed by atoms with Crippen molar-refractivity contribution in [3.63, 3.8) is 0 Å². The Morgan fingerprint density at radius 1 is 1.29 bits per heavy atom. The Morgan fingerprint density at radius 2 is 1.96 bits per heavy atom. The van der Waals surface area contributed by atoms with Crippen molar-refractivity contribution in [1.29, 1.82) is 0 Å². The van der Waals surface area contributed by atoms with Gasteiger partial charge in [-0.3, -0.25) is 4.79 Å². The van der Waals surface area contributed by atoms with Crippen molar-refractivity contribution in [2.45, 2.75) is 71.1 Å². The molecule has 1 amide bonds. The number of hydrogen-bond donors (Lipinski definition) is 1. The van der Waals surface area contributed by atoms with E-state index in [1.807, 2.05) is 11.8 Å². The molecule has 1 unspecified atom stereocenters. The molecule has 0 aromatic carbocycles. The number of hydrogen-bond acceptors (Lipinski definition) is 5. The zero-order valence-corrected chi connectivity index (χ0v) is 15.4. The third-order valence-corrected chi connectivity index (χ3v) is 5.06. The smallest absolute Gasteiger partial charge is 0.259 e. The average molecular weight is 335 g/mol. The van der Waals surface area contributed by atoms with Crippen molar-refractivity contribution in [3.05, 3.63) is 17.0 Å². The van der Waals surface area contributed by atoms with E-state index in [2.05, 4.69) is 31.2 Å². The molecule has 3 rings (SSSR count). The van der Waals surface area contributed by atoms with Gasteiger partial charge in [-0.25, -0.2) is 0 Å². The van der Waals surface area contributed by atoms with Gasteiger partial charge in [-0.15, -0.1) is 0 Å². The van der Waals surface area contributed by atoms with Crippen LogP contribution in [0, 0.1) is 13.8 Å². The number of aryl methyl sites for hydroxylation is 2. The lowest BCUT2D eigenvalue weighted by molar-refractivity contribution is -0.0390. The fourth-order valence-electron chi connectivity index (χ4n) is 3.96. The Kier molecular flexibility index (Phi) is 4.47. The van der Waals surface area contributed by atoms with Crippen LogP contribution in [0.3, 0.4) is 0 Å². The summed E-state index contributed by atoms with van der Waals surface area (Å²) in [7, 11) is 0. The van der Waals surface area contributed by atoms with E-state index in [1.165, 1.54) is 0 Å². The SMILES string of the molecule is Cc1noc(C)c1C(=O)N1CCC2(CC1)CC(NC(C)(C)C)CO2. The Bertz CT molecular complexity index is 590. The fourth-order valence-corrected chi connectivity index (χ4v) is 3.96. The molecule has 6 nitrogen and oxygen atoms in total. The quantitative estimate of drug-likeness (QED) is 0.899. The number of amides is 1. The molecule has 1 atom stereocenters. The largest absolute Gasteiger partial charge is 0.373 e. The van der Waals surface area contributed by atoms with Crippen molar-refractivity contribution in [1.82, 2.24) is 15.4 Å². The summed E-state index contributed by atoms with van der Waals surface area (Å²) < 4.78 is 11.3. The molecule has 1 aromatic heterocycles. The van der Waals surface area contributed by atoms with Crippen LogP contribution in [0.5, 0.6) is 0 Å². The third kappa shape index (κ3) is 3.49. The summed E-state index contributed by atoms with van der Waals surface area (Å²) in [5.74, 6) is 0.632. The van der Waals surface area contributed by atoms with Gasteiger partial charge >= 0.3 is 0 Å². The van der Waals surface area contributed by atoms with Crippen LogP contribution in [0.1, 0.15) is 61.8 Å². The summed E-state index contributed by atoms with van der Waals surface area (Å²) in [4.78, 5) is 14.6. The van der Waals surface area contributed by atoms with Crippen molar-refractivity contribution < 1.29 is 14.1 Å². The first-order valence-corrected chi connectivity index (χ1v) is 8.83. The zero-order chi connectivity index (χ0) is 17.5. The average Bonchev–Trinajstić information content (AvgIpc) is 3.01. The lowest BCUT2D eigenvalue weighted by atomic mass is 9.86. The maximum Gasteiger partial charge on any atom is 0.259 e. The molecule has 0 aliphatic carbocycles. The van der Waals surface area contributed by atoms with Gasteiger partial charge in [-0.1, -0.05) is 5.16 Å². The van der Waals surface area contributed by atoms with Gasteiger partial charge in [0.25, 0.3) is 5.91 Å². The zero-order valence-electron chi connectivity index (χ0n) is 15.4. The molecule has 3 heterocycles. The molecular formula is C18H29N3O3. The normalized spacial score (nSPS) is 23.9. The van der Waals surface area contributed by atoms with Crippen molar-refractivity contribution >= 4 is 5.91 Å². The molecule has 1 aromatic rings. The van der Waals surface area contributed by atoms with Crippen molar-refractivity contribution in [2.75, 3.05) is 19.7 Å². The Morgan fingerprint density at radius 3 is 2.50 bits per heavy atom. The minimum atomic E-state index is -0.0710. The first kappa shape index (κ1) is 17.4. The number of nitrogens with one attached hydrogen (secondary N) is 1. The second kappa shape index (κ2) is 6.15. The van der Waals surface area contributed by atoms with E-state index in [4.69, 9.17) is 9.26 Å². The molecule has 2 saturated heterocycles. The van der Waals surface area contributed by atoms with Gasteiger partial charge in [0.15, 0.2) is 0 Å². The number of likely N-dealkylation sites (tertiary alicyclic amines) is 1. The van der Waals surface area contributed by atoms with E-state index >= 15 is 0 Å². The van der Waals surface area contributed by atoms with Gasteiger partial charge in [0.2, 0.25) is 0 Å². The van der Waals surface area contributed by atoms with Crippen molar-refractivity contribution in [3.8, 4) is 0 Å². The maximum absolute atomic E-state index is 12.7. The molecule has 134 valence electrons. The Hall–Kier alpha value is -1.40. The second-order valence-electron chi connectivity index (χ2n) is 8.28. The number of rotatable bonds is 2. The van der Waals surface area contributed by atoms with Crippen LogP contribution in [-0.4, -0.2) is 52.8 Å². The monoisotopic (exact) mass is 335 g/mol. The minimum Gasteiger partial charge on any atom is -0.373 e. The molecule has 2 aliphatic rings. The van der Waals surface area contributed by atoms with Gasteiger partial charge in [-0.05, 0) is 53.9 Å². The van der Waals surface area contributed by atoms with Crippen LogP contribution in [-0.2, 0) is 4.74 Å². The van der Waals surface area contributed by atoms with E-state index in [-0.39, 0.29) is 17.0 Å². The topological polar surface area (TPSA) is 67.6 Å². The summed E-state index contributed by atoms with van der Waals surface area (Å²) in [5.41, 5.74) is 1.31. The highest BCUT2D eigenvalue weighted by atomic mass is 16.5. The Balaban J connectivity index is 1.59. The lowest BCUT2D eigenvalue weighted by Gasteiger charge is -2.38. The molecule has 0 radical (unpaired) electrons. The fraction of sp³-hybridized carbons (Fsp3) is 0.778. The number of nitrogens with zero attached hydrogens (tertiary/aromatic N) is 2. The summed E-state index contributed by atoms with van der Waals surface area (Å²) >= 11 is 0. The molecular weight excluding hydrogens is 306 g/mol. The summed E-state index contributed by atoms with van der Waals surface area (Å²) in [6.45, 7) is 12.4. The molecule has 0 saturated carbocycles. The highest BCUT2D eigenvalue weighted by Gasteiger charge is 2.44. The van der Waals surface area contributed by atoms with E-state index in [9.17, 15) is 4.79 Å². The highest BCUT2D eigenvalue weighted by molar-refractivity contribution is 5.96. The van der Waals surface area contributed by atoms with E-state index in [1.54, 1.807) is 6.92 Å². The van der Waals surface area contributed by atoms with Crippen LogP contribution < -0.4 is 5.32 Å². The number of aromatic nitrogens is 1. The summed E-state index contributed by atoms with van der Waals surface area (Å²) in [6.07, 6.45) is 2.81. The van der Waals surface area contributed by atoms with Gasteiger partial charge in [0.1, 0.15) is 11.3 Å². The Labute approximate surface area is 143 Å².